The molecule has 1 aliphatic heterocycles. The summed E-state index contributed by atoms with van der Waals surface area (Å²) >= 11 is 1.23. The number of aromatic nitrogens is 2. The van der Waals surface area contributed by atoms with Crippen LogP contribution in [0.1, 0.15) is 59.7 Å². The number of carboxylic acid groups (broad SMARTS) is 1. The molecule has 1 atom stereocenters. The maximum absolute atomic E-state index is 14.1. The minimum Gasteiger partial charge on any atom is -0.493 e. The minimum atomic E-state index is -1.01. The van der Waals surface area contributed by atoms with Gasteiger partial charge in [-0.2, -0.15) is 0 Å². The molecule has 4 aromatic rings. The van der Waals surface area contributed by atoms with Crippen LogP contribution in [0.2, 0.25) is 0 Å². The van der Waals surface area contributed by atoms with E-state index in [2.05, 4.69) is 4.99 Å². The number of thiazole rings is 1. The highest BCUT2D eigenvalue weighted by atomic mass is 32.1. The van der Waals surface area contributed by atoms with E-state index in [9.17, 15) is 19.5 Å². The van der Waals surface area contributed by atoms with Crippen molar-refractivity contribution in [3.63, 3.8) is 0 Å². The number of carbonyl (C=O) groups is 2. The van der Waals surface area contributed by atoms with Crippen LogP contribution in [0.4, 0.5) is 0 Å². The molecule has 0 amide bonds. The standard InChI is InChI=1S/C33H33N3O7S/c1-7-42-26-16-21(12-13-25(26)41-6)29-28(32(40)43-8-2)19(4)34-33-36(29)30(37)27(44-33)17-23-14-18(3)35(20(23)5)24-11-9-10-22(15-24)31(38)39/h9-17,29H,7-8H2,1-6H3,(H,38,39)/t29-/m1/s1. The Bertz CT molecular complexity index is 2000. The largest absolute Gasteiger partial charge is 0.493 e. The molecule has 228 valence electrons. The van der Waals surface area contributed by atoms with Gasteiger partial charge < -0.3 is 23.9 Å². The van der Waals surface area contributed by atoms with Crippen molar-refractivity contribution in [3.8, 4) is 17.2 Å². The topological polar surface area (TPSA) is 121 Å². The Labute approximate surface area is 257 Å². The number of aryl methyl sites for hydroxylation is 1. The number of aromatic carboxylic acids is 1. The van der Waals surface area contributed by atoms with E-state index in [1.807, 2.05) is 43.5 Å². The van der Waals surface area contributed by atoms with Crippen molar-refractivity contribution in [2.24, 2.45) is 4.99 Å². The fourth-order valence-electron chi connectivity index (χ4n) is 5.49. The van der Waals surface area contributed by atoms with E-state index in [1.165, 1.54) is 15.9 Å². The molecule has 0 spiro atoms. The van der Waals surface area contributed by atoms with Crippen LogP contribution in [-0.4, -0.2) is 46.5 Å². The van der Waals surface area contributed by atoms with Crippen LogP contribution < -0.4 is 24.4 Å². The molecule has 0 saturated heterocycles. The number of hydrogen-bond acceptors (Lipinski definition) is 8. The first-order valence-electron chi connectivity index (χ1n) is 14.1. The molecule has 0 fully saturated rings. The van der Waals surface area contributed by atoms with Crippen LogP contribution in [0, 0.1) is 13.8 Å². The zero-order valence-electron chi connectivity index (χ0n) is 25.3. The lowest BCUT2D eigenvalue weighted by atomic mass is 9.95. The van der Waals surface area contributed by atoms with E-state index in [0.717, 1.165) is 17.0 Å². The van der Waals surface area contributed by atoms with Crippen LogP contribution in [0.15, 0.2) is 69.6 Å². The van der Waals surface area contributed by atoms with Gasteiger partial charge in [0.2, 0.25) is 0 Å². The van der Waals surface area contributed by atoms with E-state index in [-0.39, 0.29) is 23.3 Å². The summed E-state index contributed by atoms with van der Waals surface area (Å²) in [6, 6.07) is 13.2. The SMILES string of the molecule is CCOC(=O)C1=C(C)N=c2sc(=Cc3cc(C)n(-c4cccc(C(=O)O)c4)c3C)c(=O)n2[C@@H]1c1ccc(OC)c(OCC)c1. The van der Waals surface area contributed by atoms with Gasteiger partial charge in [0, 0.05) is 17.1 Å². The van der Waals surface area contributed by atoms with Crippen LogP contribution >= 0.6 is 11.3 Å². The molecule has 0 radical (unpaired) electrons. The number of methoxy groups -OCH3 is 1. The Kier molecular flexibility index (Phi) is 8.59. The highest BCUT2D eigenvalue weighted by Gasteiger charge is 2.34. The number of carbonyl (C=O) groups excluding carboxylic acids is 1. The molecule has 3 heterocycles. The number of hydrogen-bond donors (Lipinski definition) is 1. The maximum Gasteiger partial charge on any atom is 0.338 e. The summed E-state index contributed by atoms with van der Waals surface area (Å²) < 4.78 is 20.6. The van der Waals surface area contributed by atoms with Gasteiger partial charge >= 0.3 is 11.9 Å². The van der Waals surface area contributed by atoms with Gasteiger partial charge in [-0.3, -0.25) is 9.36 Å². The zero-order valence-corrected chi connectivity index (χ0v) is 26.2. The third-order valence-electron chi connectivity index (χ3n) is 7.43. The molecule has 2 aromatic heterocycles. The predicted octanol–water partition coefficient (Wildman–Crippen LogP) is 4.31. The Morgan fingerprint density at radius 1 is 1.05 bits per heavy atom. The smallest absolute Gasteiger partial charge is 0.338 e. The molecule has 0 saturated carbocycles. The quantitative estimate of drug-likeness (QED) is 0.279. The predicted molar refractivity (Wildman–Crippen MR) is 167 cm³/mol. The molecule has 0 unspecified atom stereocenters. The first kappa shape index (κ1) is 30.6. The second-order valence-electron chi connectivity index (χ2n) is 10.2. The second kappa shape index (κ2) is 12.4. The van der Waals surface area contributed by atoms with Crippen molar-refractivity contribution >= 4 is 29.4 Å². The van der Waals surface area contributed by atoms with Crippen molar-refractivity contribution in [2.75, 3.05) is 20.3 Å². The Morgan fingerprint density at radius 2 is 1.82 bits per heavy atom. The first-order chi connectivity index (χ1) is 21.1. The van der Waals surface area contributed by atoms with Crippen LogP contribution in [-0.2, 0) is 9.53 Å². The molecular weight excluding hydrogens is 582 g/mol. The molecule has 0 bridgehead atoms. The number of benzene rings is 2. The van der Waals surface area contributed by atoms with Crippen LogP contribution in [0.25, 0.3) is 11.8 Å². The summed E-state index contributed by atoms with van der Waals surface area (Å²) in [4.78, 5) is 44.1. The summed E-state index contributed by atoms with van der Waals surface area (Å²) in [6.07, 6.45) is 1.81. The van der Waals surface area contributed by atoms with Gasteiger partial charge in [0.15, 0.2) is 16.3 Å². The van der Waals surface area contributed by atoms with E-state index in [4.69, 9.17) is 14.2 Å². The molecule has 2 aromatic carbocycles. The monoisotopic (exact) mass is 615 g/mol. The highest BCUT2D eigenvalue weighted by Crippen LogP contribution is 2.36. The molecule has 44 heavy (non-hydrogen) atoms. The molecule has 1 aliphatic rings. The van der Waals surface area contributed by atoms with Crippen molar-refractivity contribution in [2.45, 2.75) is 40.7 Å². The van der Waals surface area contributed by atoms with Gasteiger partial charge in [0.1, 0.15) is 0 Å². The van der Waals surface area contributed by atoms with Gasteiger partial charge in [0.05, 0.1) is 47.7 Å². The minimum absolute atomic E-state index is 0.171. The van der Waals surface area contributed by atoms with E-state index >= 15 is 0 Å². The first-order valence-corrected chi connectivity index (χ1v) is 14.9. The number of rotatable bonds is 9. The highest BCUT2D eigenvalue weighted by molar-refractivity contribution is 7.07. The third kappa shape index (κ3) is 5.46. The zero-order chi connectivity index (χ0) is 31.7. The molecule has 1 N–H and O–H groups in total. The number of fused-ring (bicyclic) bond motifs is 1. The summed E-state index contributed by atoms with van der Waals surface area (Å²) in [5, 5.41) is 9.47. The molecule has 10 nitrogen and oxygen atoms in total. The summed E-state index contributed by atoms with van der Waals surface area (Å²) in [5.74, 6) is -0.528. The lowest BCUT2D eigenvalue weighted by molar-refractivity contribution is -0.139. The lowest BCUT2D eigenvalue weighted by Crippen LogP contribution is -2.40. The Balaban J connectivity index is 1.69. The van der Waals surface area contributed by atoms with E-state index in [0.29, 0.717) is 44.4 Å². The Hall–Kier alpha value is -4.90. The normalized spacial score (nSPS) is 14.7. The molecule has 5 rings (SSSR count). The second-order valence-corrected chi connectivity index (χ2v) is 11.2. The van der Waals surface area contributed by atoms with Gasteiger partial charge in [-0.1, -0.05) is 23.5 Å². The molecular formula is C33H33N3O7S. The number of ether oxygens (including phenoxy) is 3. The summed E-state index contributed by atoms with van der Waals surface area (Å²) in [5.41, 5.74) is 4.49. The average molecular weight is 616 g/mol. The van der Waals surface area contributed by atoms with Gasteiger partial charge in [0.25, 0.3) is 5.56 Å². The molecule has 0 aliphatic carbocycles. The lowest BCUT2D eigenvalue weighted by Gasteiger charge is -2.25. The summed E-state index contributed by atoms with van der Waals surface area (Å²) in [6.45, 7) is 9.75. The Morgan fingerprint density at radius 3 is 2.50 bits per heavy atom. The third-order valence-corrected chi connectivity index (χ3v) is 8.41. The number of esters is 1. The van der Waals surface area contributed by atoms with Crippen molar-refractivity contribution < 1.29 is 28.9 Å². The fraction of sp³-hybridized carbons (Fsp3) is 0.273. The van der Waals surface area contributed by atoms with Crippen molar-refractivity contribution in [1.29, 1.82) is 0 Å². The average Bonchev–Trinajstić information content (AvgIpc) is 3.45. The summed E-state index contributed by atoms with van der Waals surface area (Å²) in [7, 11) is 1.55. The van der Waals surface area contributed by atoms with Crippen LogP contribution in [0.5, 0.6) is 11.5 Å². The van der Waals surface area contributed by atoms with Crippen molar-refractivity contribution in [3.05, 3.63) is 108 Å². The maximum atomic E-state index is 14.1. The van der Waals surface area contributed by atoms with Crippen LogP contribution in [0.3, 0.4) is 0 Å². The van der Waals surface area contributed by atoms with E-state index in [1.54, 1.807) is 57.4 Å². The van der Waals surface area contributed by atoms with E-state index < -0.39 is 18.0 Å². The van der Waals surface area contributed by atoms with Gasteiger partial charge in [-0.15, -0.1) is 0 Å². The molecule has 11 heteroatoms. The van der Waals surface area contributed by atoms with Gasteiger partial charge in [-0.05, 0) is 88.2 Å². The van der Waals surface area contributed by atoms with Crippen molar-refractivity contribution in [1.82, 2.24) is 9.13 Å². The number of allylic oxidation sites excluding steroid dienone is 1. The number of carboxylic acids is 1. The fourth-order valence-corrected chi connectivity index (χ4v) is 6.53. The van der Waals surface area contributed by atoms with Gasteiger partial charge in [-0.25, -0.2) is 14.6 Å². The number of nitrogens with zero attached hydrogens (tertiary/aromatic N) is 3.